The summed E-state index contributed by atoms with van der Waals surface area (Å²) < 4.78 is 0. The van der Waals surface area contributed by atoms with Gasteiger partial charge in [-0.05, 0) is 25.0 Å². The monoisotopic (exact) mass is 192 g/mol. The molecule has 0 unspecified atom stereocenters. The molecule has 0 heterocycles. The predicted octanol–water partition coefficient (Wildman–Crippen LogP) is 1.72. The van der Waals surface area contributed by atoms with E-state index >= 15 is 0 Å². The molecule has 3 N–H and O–H groups in total. The average molecular weight is 192 g/mol. The number of nitrogens with two attached hydrogens (primary N) is 1. The largest absolute Gasteiger partial charge is 0.398 e. The maximum atomic E-state index is 11.6. The van der Waals surface area contributed by atoms with Crippen molar-refractivity contribution in [2.24, 2.45) is 0 Å². The van der Waals surface area contributed by atoms with Crippen LogP contribution in [0.25, 0.3) is 0 Å². The van der Waals surface area contributed by atoms with E-state index in [0.717, 1.165) is 12.0 Å². The molecule has 0 bridgehead atoms. The van der Waals surface area contributed by atoms with Crippen LogP contribution < -0.4 is 11.1 Å². The van der Waals surface area contributed by atoms with Gasteiger partial charge in [0, 0.05) is 12.2 Å². The van der Waals surface area contributed by atoms with Crippen LogP contribution in [0.2, 0.25) is 0 Å². The minimum atomic E-state index is -0.0898. The first-order chi connectivity index (χ1) is 6.66. The lowest BCUT2D eigenvalue weighted by atomic mass is 10.1. The first kappa shape index (κ1) is 10.6. The average Bonchev–Trinajstić information content (AvgIpc) is 2.18. The van der Waals surface area contributed by atoms with Crippen LogP contribution in [0.15, 0.2) is 18.2 Å². The molecule has 0 radical (unpaired) electrons. The number of hydrogen-bond acceptors (Lipinski definition) is 2. The topological polar surface area (TPSA) is 55.1 Å². The van der Waals surface area contributed by atoms with E-state index < -0.39 is 0 Å². The minimum Gasteiger partial charge on any atom is -0.398 e. The molecule has 0 aliphatic rings. The number of nitrogens with one attached hydrogen (secondary N) is 1. The van der Waals surface area contributed by atoms with Gasteiger partial charge in [-0.2, -0.15) is 0 Å². The fourth-order valence-corrected chi connectivity index (χ4v) is 1.21. The maximum Gasteiger partial charge on any atom is 0.253 e. The van der Waals surface area contributed by atoms with Gasteiger partial charge >= 0.3 is 0 Å². The van der Waals surface area contributed by atoms with Crippen LogP contribution in [0.4, 0.5) is 5.69 Å². The fraction of sp³-hybridized carbons (Fsp3) is 0.364. The Morgan fingerprint density at radius 1 is 1.50 bits per heavy atom. The number of carbonyl (C=O) groups is 1. The molecule has 0 atom stereocenters. The zero-order valence-electron chi connectivity index (χ0n) is 8.63. The molecule has 1 amide bonds. The molecule has 0 spiro atoms. The van der Waals surface area contributed by atoms with Crippen molar-refractivity contribution in [3.05, 3.63) is 29.3 Å². The summed E-state index contributed by atoms with van der Waals surface area (Å²) in [5, 5.41) is 2.80. The third kappa shape index (κ3) is 2.25. The number of nitrogen functional groups attached to an aromatic ring is 1. The Morgan fingerprint density at radius 2 is 2.21 bits per heavy atom. The van der Waals surface area contributed by atoms with Gasteiger partial charge in [0.15, 0.2) is 0 Å². The van der Waals surface area contributed by atoms with Crippen LogP contribution in [-0.2, 0) is 0 Å². The molecular weight excluding hydrogens is 176 g/mol. The summed E-state index contributed by atoms with van der Waals surface area (Å²) in [6.07, 6.45) is 0.928. The van der Waals surface area contributed by atoms with E-state index in [4.69, 9.17) is 5.73 Å². The minimum absolute atomic E-state index is 0.0898. The van der Waals surface area contributed by atoms with E-state index in [0.29, 0.717) is 17.8 Å². The molecule has 0 aliphatic carbocycles. The van der Waals surface area contributed by atoms with E-state index in [9.17, 15) is 4.79 Å². The number of hydrogen-bond donors (Lipinski definition) is 2. The van der Waals surface area contributed by atoms with Crippen molar-refractivity contribution in [2.45, 2.75) is 20.3 Å². The summed E-state index contributed by atoms with van der Waals surface area (Å²) in [5.74, 6) is -0.0898. The van der Waals surface area contributed by atoms with Gasteiger partial charge in [0.05, 0.1) is 5.56 Å². The highest BCUT2D eigenvalue weighted by Gasteiger charge is 2.09. The third-order valence-corrected chi connectivity index (χ3v) is 2.10. The van der Waals surface area contributed by atoms with Crippen molar-refractivity contribution < 1.29 is 4.79 Å². The van der Waals surface area contributed by atoms with Crippen molar-refractivity contribution in [3.8, 4) is 0 Å². The smallest absolute Gasteiger partial charge is 0.253 e. The van der Waals surface area contributed by atoms with Crippen LogP contribution in [0.5, 0.6) is 0 Å². The standard InChI is InChI=1S/C11H16N2O/c1-3-7-13-11(14)9-6-4-5-8(2)10(9)12/h4-6H,3,7,12H2,1-2H3,(H,13,14). The molecule has 76 valence electrons. The molecular formula is C11H16N2O. The number of anilines is 1. The second-order valence-electron chi connectivity index (χ2n) is 3.29. The molecule has 0 aliphatic heterocycles. The normalized spacial score (nSPS) is 9.86. The quantitative estimate of drug-likeness (QED) is 0.716. The van der Waals surface area contributed by atoms with Crippen LogP contribution in [0.3, 0.4) is 0 Å². The van der Waals surface area contributed by atoms with Gasteiger partial charge in [-0.15, -0.1) is 0 Å². The maximum absolute atomic E-state index is 11.6. The lowest BCUT2D eigenvalue weighted by molar-refractivity contribution is 0.0954. The van der Waals surface area contributed by atoms with Gasteiger partial charge in [-0.3, -0.25) is 4.79 Å². The third-order valence-electron chi connectivity index (χ3n) is 2.10. The molecule has 0 aromatic heterocycles. The molecule has 3 nitrogen and oxygen atoms in total. The van der Waals surface area contributed by atoms with E-state index in [1.54, 1.807) is 6.07 Å². The summed E-state index contributed by atoms with van der Waals surface area (Å²) in [7, 11) is 0. The second kappa shape index (κ2) is 4.65. The number of carbonyl (C=O) groups excluding carboxylic acids is 1. The van der Waals surface area contributed by atoms with Gasteiger partial charge in [0.25, 0.3) is 5.91 Å². The SMILES string of the molecule is CCCNC(=O)c1cccc(C)c1N. The summed E-state index contributed by atoms with van der Waals surface area (Å²) in [5.41, 5.74) is 7.87. The molecule has 14 heavy (non-hydrogen) atoms. The van der Waals surface area contributed by atoms with E-state index in [1.807, 2.05) is 26.0 Å². The summed E-state index contributed by atoms with van der Waals surface area (Å²) in [6.45, 7) is 4.60. The van der Waals surface area contributed by atoms with Crippen LogP contribution in [0.1, 0.15) is 29.3 Å². The van der Waals surface area contributed by atoms with E-state index in [-0.39, 0.29) is 5.91 Å². The molecule has 1 rings (SSSR count). The molecule has 1 aromatic rings. The number of amides is 1. The molecule has 0 saturated carbocycles. The van der Waals surface area contributed by atoms with Gasteiger partial charge in [0.1, 0.15) is 0 Å². The first-order valence-corrected chi connectivity index (χ1v) is 4.80. The molecule has 1 aromatic carbocycles. The van der Waals surface area contributed by atoms with Crippen molar-refractivity contribution in [2.75, 3.05) is 12.3 Å². The van der Waals surface area contributed by atoms with Gasteiger partial charge in [0.2, 0.25) is 0 Å². The Morgan fingerprint density at radius 3 is 2.86 bits per heavy atom. The summed E-state index contributed by atoms with van der Waals surface area (Å²) in [4.78, 5) is 11.6. The van der Waals surface area contributed by atoms with Gasteiger partial charge in [-0.1, -0.05) is 19.1 Å². The zero-order chi connectivity index (χ0) is 10.6. The van der Waals surface area contributed by atoms with Crippen molar-refractivity contribution in [1.29, 1.82) is 0 Å². The Hall–Kier alpha value is -1.51. The Kier molecular flexibility index (Phi) is 3.51. The van der Waals surface area contributed by atoms with Crippen LogP contribution in [0, 0.1) is 6.92 Å². The van der Waals surface area contributed by atoms with Crippen molar-refractivity contribution in [1.82, 2.24) is 5.32 Å². The first-order valence-electron chi connectivity index (χ1n) is 4.80. The van der Waals surface area contributed by atoms with Crippen LogP contribution >= 0.6 is 0 Å². The number of para-hydroxylation sites is 1. The fourth-order valence-electron chi connectivity index (χ4n) is 1.21. The number of aryl methyl sites for hydroxylation is 1. The zero-order valence-corrected chi connectivity index (χ0v) is 8.63. The van der Waals surface area contributed by atoms with E-state index in [2.05, 4.69) is 5.32 Å². The predicted molar refractivity (Wildman–Crippen MR) is 58.2 cm³/mol. The van der Waals surface area contributed by atoms with Gasteiger partial charge in [-0.25, -0.2) is 0 Å². The Bertz CT molecular complexity index is 334. The number of benzene rings is 1. The lowest BCUT2D eigenvalue weighted by Gasteiger charge is -2.08. The van der Waals surface area contributed by atoms with Crippen molar-refractivity contribution >= 4 is 11.6 Å². The Balaban J connectivity index is 2.84. The van der Waals surface area contributed by atoms with Crippen LogP contribution in [-0.4, -0.2) is 12.5 Å². The molecule has 0 saturated heterocycles. The summed E-state index contributed by atoms with van der Waals surface area (Å²) in [6, 6.07) is 5.48. The van der Waals surface area contributed by atoms with E-state index in [1.165, 1.54) is 0 Å². The highest BCUT2D eigenvalue weighted by molar-refractivity contribution is 5.99. The second-order valence-corrected chi connectivity index (χ2v) is 3.29. The van der Waals surface area contributed by atoms with Gasteiger partial charge < -0.3 is 11.1 Å². The van der Waals surface area contributed by atoms with Crippen molar-refractivity contribution in [3.63, 3.8) is 0 Å². The highest BCUT2D eigenvalue weighted by atomic mass is 16.1. The highest BCUT2D eigenvalue weighted by Crippen LogP contribution is 2.15. The molecule has 0 fully saturated rings. The lowest BCUT2D eigenvalue weighted by Crippen LogP contribution is -2.25. The molecule has 3 heteroatoms. The summed E-state index contributed by atoms with van der Waals surface area (Å²) >= 11 is 0. The Labute approximate surface area is 84.3 Å². The number of rotatable bonds is 3.